The van der Waals surface area contributed by atoms with Gasteiger partial charge in [-0.05, 0) is 43.7 Å². The predicted molar refractivity (Wildman–Crippen MR) is 117 cm³/mol. The van der Waals surface area contributed by atoms with E-state index >= 15 is 0 Å². The number of H-pyrrole nitrogens is 1. The van der Waals surface area contributed by atoms with Crippen LogP contribution in [0.2, 0.25) is 0 Å². The Bertz CT molecular complexity index is 1060. The van der Waals surface area contributed by atoms with E-state index in [1.54, 1.807) is 19.4 Å². The molecule has 0 bridgehead atoms. The summed E-state index contributed by atoms with van der Waals surface area (Å²) in [5.74, 6) is 2.98. The Hall–Kier alpha value is -2.67. The zero-order valence-electron chi connectivity index (χ0n) is 18.0. The Morgan fingerprint density at radius 3 is 2.73 bits per heavy atom. The monoisotopic (exact) mass is 410 g/mol. The average Bonchev–Trinajstić information content (AvgIpc) is 3.18. The molecule has 1 aliphatic rings. The average molecular weight is 411 g/mol. The van der Waals surface area contributed by atoms with Crippen LogP contribution in [0.4, 0.5) is 0 Å². The number of rotatable bonds is 7. The van der Waals surface area contributed by atoms with Gasteiger partial charge in [-0.2, -0.15) is 5.10 Å². The van der Waals surface area contributed by atoms with E-state index in [-0.39, 0.29) is 5.43 Å². The van der Waals surface area contributed by atoms with Gasteiger partial charge in [0.2, 0.25) is 0 Å². The largest absolute Gasteiger partial charge is 0.497 e. The number of methoxy groups -OCH3 is 1. The predicted octanol–water partition coefficient (Wildman–Crippen LogP) is 4.13. The van der Waals surface area contributed by atoms with E-state index in [0.29, 0.717) is 34.4 Å². The maximum atomic E-state index is 13.3. The van der Waals surface area contributed by atoms with Gasteiger partial charge in [-0.3, -0.25) is 4.79 Å². The van der Waals surface area contributed by atoms with Crippen molar-refractivity contribution >= 4 is 10.9 Å². The highest BCUT2D eigenvalue weighted by Crippen LogP contribution is 2.26. The SMILES string of the molecule is CCC(CC)c1nc(-c2c[nH]c3cc(OC)ccc3c2=O)n(CC2CCOCC2)n1. The number of pyridine rings is 1. The lowest BCUT2D eigenvalue weighted by atomic mass is 10.0. The number of ether oxygens (including phenoxy) is 2. The van der Waals surface area contributed by atoms with Crippen molar-refractivity contribution in [3.63, 3.8) is 0 Å². The first-order chi connectivity index (χ1) is 14.6. The van der Waals surface area contributed by atoms with Gasteiger partial charge < -0.3 is 14.5 Å². The lowest BCUT2D eigenvalue weighted by Crippen LogP contribution is -2.22. The number of aromatic nitrogens is 4. The molecule has 30 heavy (non-hydrogen) atoms. The molecule has 0 unspecified atom stereocenters. The molecule has 3 aromatic rings. The van der Waals surface area contributed by atoms with E-state index in [4.69, 9.17) is 19.6 Å². The van der Waals surface area contributed by atoms with Crippen molar-refractivity contribution in [2.45, 2.75) is 52.0 Å². The van der Waals surface area contributed by atoms with Gasteiger partial charge in [0.25, 0.3) is 0 Å². The Labute approximate surface area is 176 Å². The van der Waals surface area contributed by atoms with Crippen LogP contribution in [-0.4, -0.2) is 40.1 Å². The fourth-order valence-corrected chi connectivity index (χ4v) is 4.18. The standard InChI is InChI=1S/C23H30N4O3/c1-4-16(5-2)22-25-23(27(26-22)14-15-8-10-30-11-9-15)19-13-24-20-12-17(29-3)6-7-18(20)21(19)28/h6-7,12-13,15-16H,4-5,8-11,14H2,1-3H3,(H,24,28). The molecule has 0 amide bonds. The zero-order valence-corrected chi connectivity index (χ0v) is 18.0. The van der Waals surface area contributed by atoms with Gasteiger partial charge in [0, 0.05) is 43.3 Å². The summed E-state index contributed by atoms with van der Waals surface area (Å²) in [6, 6.07) is 5.45. The maximum absolute atomic E-state index is 13.3. The minimum absolute atomic E-state index is 0.0388. The van der Waals surface area contributed by atoms with Gasteiger partial charge in [-0.25, -0.2) is 9.67 Å². The van der Waals surface area contributed by atoms with Crippen molar-refractivity contribution < 1.29 is 9.47 Å². The molecule has 0 atom stereocenters. The first-order valence-corrected chi connectivity index (χ1v) is 10.9. The fraction of sp³-hybridized carbons (Fsp3) is 0.522. The molecule has 7 nitrogen and oxygen atoms in total. The number of aromatic amines is 1. The second-order valence-electron chi connectivity index (χ2n) is 7.99. The fourth-order valence-electron chi connectivity index (χ4n) is 4.18. The Morgan fingerprint density at radius 1 is 1.27 bits per heavy atom. The highest BCUT2D eigenvalue weighted by atomic mass is 16.5. The number of benzene rings is 1. The summed E-state index contributed by atoms with van der Waals surface area (Å²) in [7, 11) is 1.62. The molecule has 7 heteroatoms. The van der Waals surface area contributed by atoms with Crippen molar-refractivity contribution in [3.8, 4) is 17.1 Å². The van der Waals surface area contributed by atoms with Crippen LogP contribution in [0.15, 0.2) is 29.2 Å². The first kappa shape index (κ1) is 20.6. The summed E-state index contributed by atoms with van der Waals surface area (Å²) in [4.78, 5) is 21.4. The lowest BCUT2D eigenvalue weighted by molar-refractivity contribution is 0.0602. The van der Waals surface area contributed by atoms with Gasteiger partial charge in [0.15, 0.2) is 17.1 Å². The molecule has 2 aromatic heterocycles. The van der Waals surface area contributed by atoms with Crippen LogP contribution in [0, 0.1) is 5.92 Å². The number of hydrogen-bond donors (Lipinski definition) is 1. The normalized spacial score (nSPS) is 15.2. The molecule has 1 saturated heterocycles. The molecule has 1 fully saturated rings. The topological polar surface area (TPSA) is 82.0 Å². The third-order valence-electron chi connectivity index (χ3n) is 6.14. The summed E-state index contributed by atoms with van der Waals surface area (Å²) < 4.78 is 12.7. The van der Waals surface area contributed by atoms with Gasteiger partial charge in [-0.1, -0.05) is 13.8 Å². The molecule has 0 aliphatic carbocycles. The summed E-state index contributed by atoms with van der Waals surface area (Å²) in [5.41, 5.74) is 1.27. The van der Waals surface area contributed by atoms with Crippen molar-refractivity contribution in [1.82, 2.24) is 19.7 Å². The van der Waals surface area contributed by atoms with Crippen LogP contribution in [0.5, 0.6) is 5.75 Å². The Morgan fingerprint density at radius 2 is 2.03 bits per heavy atom. The van der Waals surface area contributed by atoms with E-state index < -0.39 is 0 Å². The minimum atomic E-state index is -0.0388. The second kappa shape index (κ2) is 9.00. The van der Waals surface area contributed by atoms with Crippen molar-refractivity contribution in [2.75, 3.05) is 20.3 Å². The third-order valence-corrected chi connectivity index (χ3v) is 6.14. The molecule has 1 N–H and O–H groups in total. The van der Waals surface area contributed by atoms with Gasteiger partial charge in [0.1, 0.15) is 5.75 Å². The highest BCUT2D eigenvalue weighted by molar-refractivity contribution is 5.83. The van der Waals surface area contributed by atoms with Crippen molar-refractivity contribution in [2.24, 2.45) is 5.92 Å². The number of nitrogens with one attached hydrogen (secondary N) is 1. The molecular weight excluding hydrogens is 380 g/mol. The lowest BCUT2D eigenvalue weighted by Gasteiger charge is -2.22. The zero-order chi connectivity index (χ0) is 21.1. The smallest absolute Gasteiger partial charge is 0.200 e. The van der Waals surface area contributed by atoms with E-state index in [2.05, 4.69) is 18.8 Å². The van der Waals surface area contributed by atoms with Crippen LogP contribution in [0.1, 0.15) is 51.3 Å². The van der Waals surface area contributed by atoms with Crippen LogP contribution < -0.4 is 10.2 Å². The molecular formula is C23H30N4O3. The van der Waals surface area contributed by atoms with Gasteiger partial charge >= 0.3 is 0 Å². The summed E-state index contributed by atoms with van der Waals surface area (Å²) >= 11 is 0. The Balaban J connectivity index is 1.79. The molecule has 3 heterocycles. The maximum Gasteiger partial charge on any atom is 0.200 e. The van der Waals surface area contributed by atoms with Gasteiger partial charge in [0.05, 0.1) is 18.2 Å². The quantitative estimate of drug-likeness (QED) is 0.633. The van der Waals surface area contributed by atoms with Crippen molar-refractivity contribution in [1.29, 1.82) is 0 Å². The van der Waals surface area contributed by atoms with E-state index in [9.17, 15) is 4.79 Å². The molecule has 0 radical (unpaired) electrons. The summed E-state index contributed by atoms with van der Waals surface area (Å²) in [5, 5.41) is 5.49. The summed E-state index contributed by atoms with van der Waals surface area (Å²) in [6.45, 7) is 6.64. The Kier molecular flexibility index (Phi) is 6.18. The van der Waals surface area contributed by atoms with Crippen molar-refractivity contribution in [3.05, 3.63) is 40.4 Å². The van der Waals surface area contributed by atoms with Crippen LogP contribution in [-0.2, 0) is 11.3 Å². The first-order valence-electron chi connectivity index (χ1n) is 10.9. The molecule has 4 rings (SSSR count). The highest BCUT2D eigenvalue weighted by Gasteiger charge is 2.23. The molecule has 1 aromatic carbocycles. The molecule has 160 valence electrons. The summed E-state index contributed by atoms with van der Waals surface area (Å²) in [6.07, 6.45) is 5.72. The van der Waals surface area contributed by atoms with E-state index in [1.807, 2.05) is 16.8 Å². The number of fused-ring (bicyclic) bond motifs is 1. The molecule has 0 saturated carbocycles. The minimum Gasteiger partial charge on any atom is -0.497 e. The van der Waals surface area contributed by atoms with E-state index in [1.165, 1.54) is 0 Å². The van der Waals surface area contributed by atoms with E-state index in [0.717, 1.165) is 56.8 Å². The number of nitrogens with zero attached hydrogens (tertiary/aromatic N) is 3. The van der Waals surface area contributed by atoms with Crippen LogP contribution >= 0.6 is 0 Å². The third kappa shape index (κ3) is 3.99. The molecule has 1 aliphatic heterocycles. The van der Waals surface area contributed by atoms with Crippen LogP contribution in [0.3, 0.4) is 0 Å². The molecule has 0 spiro atoms. The second-order valence-corrected chi connectivity index (χ2v) is 7.99. The number of hydrogen-bond acceptors (Lipinski definition) is 5. The van der Waals surface area contributed by atoms with Crippen LogP contribution in [0.25, 0.3) is 22.3 Å². The van der Waals surface area contributed by atoms with Gasteiger partial charge in [-0.15, -0.1) is 0 Å².